The zero-order chi connectivity index (χ0) is 12.8. The molecule has 0 aliphatic carbocycles. The van der Waals surface area contributed by atoms with Crippen LogP contribution >= 0.6 is 0 Å². The van der Waals surface area contributed by atoms with Crippen molar-refractivity contribution in [3.8, 4) is 0 Å². The molecular formula is C13H12FN3O. The smallest absolute Gasteiger partial charge is 0.254 e. The molecule has 0 bridgehead atoms. The van der Waals surface area contributed by atoms with E-state index in [1.165, 1.54) is 30.9 Å². The zero-order valence-corrected chi connectivity index (χ0v) is 9.64. The topological polar surface area (TPSA) is 54.9 Å². The van der Waals surface area contributed by atoms with Gasteiger partial charge in [-0.2, -0.15) is 0 Å². The lowest BCUT2D eigenvalue weighted by molar-refractivity contribution is 0.0953. The minimum absolute atomic E-state index is 0.210. The molecule has 0 fully saturated rings. The number of nitrogens with zero attached hydrogens (tertiary/aromatic N) is 2. The number of carbonyl (C=O) groups excluding carboxylic acids is 1. The Hall–Kier alpha value is -2.30. The van der Waals surface area contributed by atoms with Crippen molar-refractivity contribution in [1.82, 2.24) is 15.3 Å². The third-order valence-electron chi connectivity index (χ3n) is 2.44. The number of amides is 1. The maximum Gasteiger partial charge on any atom is 0.254 e. The largest absolute Gasteiger partial charge is 0.352 e. The van der Waals surface area contributed by atoms with Crippen LogP contribution < -0.4 is 5.32 Å². The van der Waals surface area contributed by atoms with Crippen LogP contribution in [0.4, 0.5) is 4.39 Å². The first-order valence-corrected chi connectivity index (χ1v) is 5.53. The summed E-state index contributed by atoms with van der Waals surface area (Å²) in [7, 11) is 0. The number of nitrogens with one attached hydrogen (secondary N) is 1. The predicted molar refractivity (Wildman–Crippen MR) is 64.5 cm³/mol. The van der Waals surface area contributed by atoms with Crippen molar-refractivity contribution in [3.05, 3.63) is 59.9 Å². The second kappa shape index (κ2) is 5.86. The van der Waals surface area contributed by atoms with Crippen LogP contribution in [0.25, 0.3) is 0 Å². The fraction of sp³-hybridized carbons (Fsp3) is 0.154. The summed E-state index contributed by atoms with van der Waals surface area (Å²) in [5.41, 5.74) is 1.40. The van der Waals surface area contributed by atoms with Crippen LogP contribution in [0.3, 0.4) is 0 Å². The van der Waals surface area contributed by atoms with Crippen LogP contribution in [-0.4, -0.2) is 22.4 Å². The van der Waals surface area contributed by atoms with E-state index in [1.807, 2.05) is 0 Å². The fourth-order valence-corrected chi connectivity index (χ4v) is 1.49. The normalized spacial score (nSPS) is 10.1. The number of aromatic nitrogens is 2. The summed E-state index contributed by atoms with van der Waals surface area (Å²) in [6.07, 6.45) is 4.94. The van der Waals surface area contributed by atoms with E-state index in [9.17, 15) is 9.18 Å². The number of halogens is 1. The highest BCUT2D eigenvalue weighted by Crippen LogP contribution is 2.03. The molecule has 4 nitrogen and oxygen atoms in total. The summed E-state index contributed by atoms with van der Waals surface area (Å²) in [4.78, 5) is 19.2. The average molecular weight is 245 g/mol. The summed E-state index contributed by atoms with van der Waals surface area (Å²) in [5.74, 6) is -0.470. The molecule has 1 amide bonds. The Balaban J connectivity index is 1.82. The Morgan fingerprint density at radius 3 is 2.50 bits per heavy atom. The summed E-state index contributed by atoms with van der Waals surface area (Å²) in [6, 6.07) is 6.21. The molecule has 18 heavy (non-hydrogen) atoms. The third-order valence-corrected chi connectivity index (χ3v) is 2.44. The van der Waals surface area contributed by atoms with Crippen LogP contribution in [0, 0.1) is 5.82 Å². The minimum Gasteiger partial charge on any atom is -0.352 e. The Bertz CT molecular complexity index is 514. The van der Waals surface area contributed by atoms with E-state index in [1.54, 1.807) is 12.1 Å². The van der Waals surface area contributed by atoms with E-state index in [0.717, 1.165) is 5.56 Å². The average Bonchev–Trinajstić information content (AvgIpc) is 2.42. The van der Waals surface area contributed by atoms with Crippen molar-refractivity contribution in [2.75, 3.05) is 6.54 Å². The number of hydrogen-bond acceptors (Lipinski definition) is 3. The van der Waals surface area contributed by atoms with Gasteiger partial charge in [-0.15, -0.1) is 0 Å². The molecule has 2 aromatic rings. The summed E-state index contributed by atoms with van der Waals surface area (Å²) in [5, 5.41) is 2.75. The summed E-state index contributed by atoms with van der Waals surface area (Å²) < 4.78 is 12.7. The van der Waals surface area contributed by atoms with Gasteiger partial charge in [-0.05, 0) is 24.1 Å². The quantitative estimate of drug-likeness (QED) is 0.889. The number of benzene rings is 1. The minimum atomic E-state index is -0.260. The van der Waals surface area contributed by atoms with Gasteiger partial charge in [0.15, 0.2) is 0 Å². The number of hydrogen-bond donors (Lipinski definition) is 1. The highest BCUT2D eigenvalue weighted by atomic mass is 19.1. The summed E-state index contributed by atoms with van der Waals surface area (Å²) >= 11 is 0. The van der Waals surface area contributed by atoms with Crippen molar-refractivity contribution in [3.63, 3.8) is 0 Å². The SMILES string of the molecule is O=C(NCCc1ccc(F)cc1)c1cncnc1. The van der Waals surface area contributed by atoms with Gasteiger partial charge in [0, 0.05) is 18.9 Å². The predicted octanol–water partition coefficient (Wildman–Crippen LogP) is 1.59. The maximum atomic E-state index is 12.7. The standard InChI is InChI=1S/C13H12FN3O/c14-12-3-1-10(2-4-12)5-6-17-13(18)11-7-15-9-16-8-11/h1-4,7-9H,5-6H2,(H,17,18). The molecule has 0 spiro atoms. The van der Waals surface area contributed by atoms with Crippen molar-refractivity contribution in [2.45, 2.75) is 6.42 Å². The van der Waals surface area contributed by atoms with Crippen molar-refractivity contribution in [1.29, 1.82) is 0 Å². The molecule has 0 radical (unpaired) electrons. The van der Waals surface area contributed by atoms with Crippen LogP contribution in [0.5, 0.6) is 0 Å². The molecule has 0 atom stereocenters. The molecule has 0 aliphatic rings. The molecule has 2 rings (SSSR count). The second-order valence-electron chi connectivity index (χ2n) is 3.76. The van der Waals surface area contributed by atoms with E-state index in [-0.39, 0.29) is 11.7 Å². The Labute approximate surface area is 104 Å². The molecule has 1 N–H and O–H groups in total. The molecule has 5 heteroatoms. The number of rotatable bonds is 4. The monoisotopic (exact) mass is 245 g/mol. The van der Waals surface area contributed by atoms with Gasteiger partial charge in [-0.1, -0.05) is 12.1 Å². The van der Waals surface area contributed by atoms with Gasteiger partial charge in [-0.25, -0.2) is 14.4 Å². The van der Waals surface area contributed by atoms with Gasteiger partial charge in [0.05, 0.1) is 5.56 Å². The molecule has 1 aromatic carbocycles. The Kier molecular flexibility index (Phi) is 3.96. The molecule has 1 aromatic heterocycles. The molecule has 92 valence electrons. The van der Waals surface area contributed by atoms with Crippen LogP contribution in [-0.2, 0) is 6.42 Å². The molecule has 0 aliphatic heterocycles. The highest BCUT2D eigenvalue weighted by molar-refractivity contribution is 5.93. The van der Waals surface area contributed by atoms with Crippen LogP contribution in [0.15, 0.2) is 43.0 Å². The van der Waals surface area contributed by atoms with E-state index < -0.39 is 0 Å². The molecule has 1 heterocycles. The first kappa shape index (κ1) is 12.2. The fourth-order valence-electron chi connectivity index (χ4n) is 1.49. The molecule has 0 saturated carbocycles. The van der Waals surface area contributed by atoms with Crippen molar-refractivity contribution in [2.24, 2.45) is 0 Å². The molecule has 0 saturated heterocycles. The lowest BCUT2D eigenvalue weighted by Crippen LogP contribution is -2.25. The van der Waals surface area contributed by atoms with Gasteiger partial charge in [0.2, 0.25) is 0 Å². The van der Waals surface area contributed by atoms with E-state index in [0.29, 0.717) is 18.5 Å². The second-order valence-corrected chi connectivity index (χ2v) is 3.76. The third kappa shape index (κ3) is 3.35. The zero-order valence-electron chi connectivity index (χ0n) is 9.64. The van der Waals surface area contributed by atoms with Gasteiger partial charge in [-0.3, -0.25) is 4.79 Å². The van der Waals surface area contributed by atoms with Crippen LogP contribution in [0.1, 0.15) is 15.9 Å². The highest BCUT2D eigenvalue weighted by Gasteiger charge is 2.04. The van der Waals surface area contributed by atoms with Gasteiger partial charge in [0.25, 0.3) is 5.91 Å². The van der Waals surface area contributed by atoms with E-state index in [4.69, 9.17) is 0 Å². The van der Waals surface area contributed by atoms with Gasteiger partial charge in [0.1, 0.15) is 12.1 Å². The lowest BCUT2D eigenvalue weighted by atomic mass is 10.1. The van der Waals surface area contributed by atoms with Crippen molar-refractivity contribution >= 4 is 5.91 Å². The van der Waals surface area contributed by atoms with Crippen molar-refractivity contribution < 1.29 is 9.18 Å². The van der Waals surface area contributed by atoms with E-state index in [2.05, 4.69) is 15.3 Å². The first-order chi connectivity index (χ1) is 8.75. The molecule has 0 unspecified atom stereocenters. The van der Waals surface area contributed by atoms with E-state index >= 15 is 0 Å². The lowest BCUT2D eigenvalue weighted by Gasteiger charge is -2.04. The maximum absolute atomic E-state index is 12.7. The van der Waals surface area contributed by atoms with Gasteiger partial charge < -0.3 is 5.32 Å². The van der Waals surface area contributed by atoms with Gasteiger partial charge >= 0.3 is 0 Å². The first-order valence-electron chi connectivity index (χ1n) is 5.53. The Morgan fingerprint density at radius 1 is 1.17 bits per heavy atom. The summed E-state index contributed by atoms with van der Waals surface area (Å²) in [6.45, 7) is 0.485. The Morgan fingerprint density at radius 2 is 1.83 bits per heavy atom. The van der Waals surface area contributed by atoms with Crippen LogP contribution in [0.2, 0.25) is 0 Å². The number of carbonyl (C=O) groups is 1. The molecular weight excluding hydrogens is 233 g/mol.